The zero-order valence-corrected chi connectivity index (χ0v) is 11.4. The van der Waals surface area contributed by atoms with Crippen LogP contribution in [-0.2, 0) is 4.74 Å². The highest BCUT2D eigenvalue weighted by Crippen LogP contribution is 2.50. The summed E-state index contributed by atoms with van der Waals surface area (Å²) in [6, 6.07) is 16.6. The molecule has 1 N–H and O–H groups in total. The highest BCUT2D eigenvalue weighted by atomic mass is 16.5. The van der Waals surface area contributed by atoms with Crippen molar-refractivity contribution < 1.29 is 9.84 Å². The number of fused-ring (bicyclic) bond motifs is 3. The third kappa shape index (κ3) is 1.64. The molecule has 20 heavy (non-hydrogen) atoms. The second kappa shape index (κ2) is 4.42. The molecule has 0 bridgehead atoms. The van der Waals surface area contributed by atoms with Crippen LogP contribution in [-0.4, -0.2) is 16.6 Å². The molecule has 1 saturated heterocycles. The lowest BCUT2D eigenvalue weighted by molar-refractivity contribution is -0.0566. The Bertz CT molecular complexity index is 641. The SMILES string of the molecule is Cc1ccc2c(c1)C1OCC(c3ccccc3)N1C2O. The minimum Gasteiger partial charge on any atom is -0.374 e. The van der Waals surface area contributed by atoms with Crippen LogP contribution in [0.4, 0.5) is 0 Å². The largest absolute Gasteiger partial charge is 0.374 e. The molecule has 2 heterocycles. The molecular weight excluding hydrogens is 250 g/mol. The van der Waals surface area contributed by atoms with E-state index < -0.39 is 6.23 Å². The van der Waals surface area contributed by atoms with Gasteiger partial charge in [-0.1, -0.05) is 54.1 Å². The molecule has 0 amide bonds. The van der Waals surface area contributed by atoms with Crippen LogP contribution in [0.1, 0.15) is 40.8 Å². The van der Waals surface area contributed by atoms with Gasteiger partial charge in [-0.25, -0.2) is 4.90 Å². The van der Waals surface area contributed by atoms with Crippen molar-refractivity contribution in [1.82, 2.24) is 4.90 Å². The van der Waals surface area contributed by atoms with E-state index in [1.807, 2.05) is 30.3 Å². The predicted octanol–water partition coefficient (Wildman–Crippen LogP) is 3.07. The summed E-state index contributed by atoms with van der Waals surface area (Å²) < 4.78 is 5.96. The van der Waals surface area contributed by atoms with Crippen LogP contribution in [0.25, 0.3) is 0 Å². The maximum Gasteiger partial charge on any atom is 0.140 e. The zero-order chi connectivity index (χ0) is 13.7. The Morgan fingerprint density at radius 3 is 2.70 bits per heavy atom. The van der Waals surface area contributed by atoms with Crippen LogP contribution >= 0.6 is 0 Å². The molecule has 0 aromatic heterocycles. The molecule has 3 unspecified atom stereocenters. The summed E-state index contributed by atoms with van der Waals surface area (Å²) in [7, 11) is 0. The monoisotopic (exact) mass is 267 g/mol. The number of ether oxygens (including phenoxy) is 1. The van der Waals surface area contributed by atoms with Gasteiger partial charge >= 0.3 is 0 Å². The fourth-order valence-electron chi connectivity index (χ4n) is 3.31. The second-order valence-electron chi connectivity index (χ2n) is 5.57. The third-order valence-electron chi connectivity index (χ3n) is 4.30. The molecule has 2 aliphatic heterocycles. The van der Waals surface area contributed by atoms with Crippen molar-refractivity contribution in [2.24, 2.45) is 0 Å². The molecule has 1 fully saturated rings. The van der Waals surface area contributed by atoms with Crippen molar-refractivity contribution >= 4 is 0 Å². The van der Waals surface area contributed by atoms with E-state index in [0.29, 0.717) is 6.61 Å². The normalized spacial score (nSPS) is 28.4. The first-order chi connectivity index (χ1) is 9.75. The summed E-state index contributed by atoms with van der Waals surface area (Å²) in [6.45, 7) is 2.69. The first kappa shape index (κ1) is 12.1. The molecule has 4 rings (SSSR count). The number of rotatable bonds is 1. The van der Waals surface area contributed by atoms with Crippen molar-refractivity contribution in [3.05, 3.63) is 70.8 Å². The number of hydrogen-bond acceptors (Lipinski definition) is 3. The average molecular weight is 267 g/mol. The summed E-state index contributed by atoms with van der Waals surface area (Å²) in [6.07, 6.45) is -0.701. The molecule has 2 aromatic carbocycles. The average Bonchev–Trinajstić information content (AvgIpc) is 3.01. The van der Waals surface area contributed by atoms with E-state index in [4.69, 9.17) is 4.74 Å². The van der Waals surface area contributed by atoms with Crippen LogP contribution in [0.5, 0.6) is 0 Å². The summed E-state index contributed by atoms with van der Waals surface area (Å²) >= 11 is 0. The maximum atomic E-state index is 10.6. The molecule has 102 valence electrons. The van der Waals surface area contributed by atoms with Gasteiger partial charge in [0.25, 0.3) is 0 Å². The van der Waals surface area contributed by atoms with E-state index in [1.54, 1.807) is 0 Å². The summed E-state index contributed by atoms with van der Waals surface area (Å²) in [4.78, 5) is 2.07. The van der Waals surface area contributed by atoms with Crippen molar-refractivity contribution in [3.8, 4) is 0 Å². The Kier molecular flexibility index (Phi) is 2.67. The molecule has 2 aliphatic rings. The lowest BCUT2D eigenvalue weighted by Crippen LogP contribution is -2.25. The van der Waals surface area contributed by atoms with Gasteiger partial charge in [0.1, 0.15) is 12.5 Å². The van der Waals surface area contributed by atoms with Gasteiger partial charge in [-0.2, -0.15) is 0 Å². The topological polar surface area (TPSA) is 32.7 Å². The smallest absolute Gasteiger partial charge is 0.140 e. The van der Waals surface area contributed by atoms with Crippen LogP contribution in [0, 0.1) is 6.92 Å². The lowest BCUT2D eigenvalue weighted by atomic mass is 10.1. The van der Waals surface area contributed by atoms with Gasteiger partial charge in [0.15, 0.2) is 0 Å². The predicted molar refractivity (Wildman–Crippen MR) is 75.9 cm³/mol. The van der Waals surface area contributed by atoms with Gasteiger partial charge in [0, 0.05) is 11.1 Å². The number of benzene rings is 2. The minimum atomic E-state index is -0.580. The number of aliphatic hydroxyl groups is 1. The van der Waals surface area contributed by atoms with Gasteiger partial charge in [-0.3, -0.25) is 0 Å². The number of aliphatic hydroxyl groups excluding tert-OH is 1. The Morgan fingerprint density at radius 1 is 1.10 bits per heavy atom. The first-order valence-corrected chi connectivity index (χ1v) is 6.98. The highest BCUT2D eigenvalue weighted by molar-refractivity contribution is 5.39. The van der Waals surface area contributed by atoms with Crippen molar-refractivity contribution in [2.45, 2.75) is 25.4 Å². The summed E-state index contributed by atoms with van der Waals surface area (Å²) in [5.74, 6) is 0. The van der Waals surface area contributed by atoms with Crippen LogP contribution in [0.3, 0.4) is 0 Å². The standard InChI is InChI=1S/C17H17NO2/c1-11-7-8-13-14(9-11)17-18(16(13)19)15(10-20-17)12-5-3-2-4-6-12/h2-9,15-17,19H,10H2,1H3. The molecule has 2 aromatic rings. The Hall–Kier alpha value is -1.68. The quantitative estimate of drug-likeness (QED) is 0.862. The minimum absolute atomic E-state index is 0.115. The number of aryl methyl sites for hydroxylation is 1. The van der Waals surface area contributed by atoms with E-state index in [9.17, 15) is 5.11 Å². The van der Waals surface area contributed by atoms with Crippen LogP contribution in [0.2, 0.25) is 0 Å². The molecule has 0 aliphatic carbocycles. The van der Waals surface area contributed by atoms with Crippen molar-refractivity contribution in [1.29, 1.82) is 0 Å². The first-order valence-electron chi connectivity index (χ1n) is 6.98. The van der Waals surface area contributed by atoms with E-state index in [1.165, 1.54) is 11.1 Å². The van der Waals surface area contributed by atoms with E-state index in [0.717, 1.165) is 11.1 Å². The Labute approximate surface area is 118 Å². The molecule has 0 saturated carbocycles. The van der Waals surface area contributed by atoms with E-state index >= 15 is 0 Å². The summed E-state index contributed by atoms with van der Waals surface area (Å²) in [5.41, 5.74) is 4.47. The summed E-state index contributed by atoms with van der Waals surface area (Å²) in [5, 5.41) is 10.6. The fourth-order valence-corrected chi connectivity index (χ4v) is 3.31. The molecule has 0 spiro atoms. The van der Waals surface area contributed by atoms with Gasteiger partial charge in [-0.05, 0) is 12.5 Å². The van der Waals surface area contributed by atoms with Gasteiger partial charge in [-0.15, -0.1) is 0 Å². The van der Waals surface area contributed by atoms with Crippen molar-refractivity contribution in [3.63, 3.8) is 0 Å². The maximum absolute atomic E-state index is 10.6. The van der Waals surface area contributed by atoms with E-state index in [2.05, 4.69) is 30.0 Å². The third-order valence-corrected chi connectivity index (χ3v) is 4.30. The zero-order valence-electron chi connectivity index (χ0n) is 11.4. The molecule has 3 nitrogen and oxygen atoms in total. The molecular formula is C17H17NO2. The van der Waals surface area contributed by atoms with Crippen LogP contribution in [0.15, 0.2) is 48.5 Å². The van der Waals surface area contributed by atoms with Crippen molar-refractivity contribution in [2.75, 3.05) is 6.61 Å². The second-order valence-corrected chi connectivity index (χ2v) is 5.57. The van der Waals surface area contributed by atoms with E-state index in [-0.39, 0.29) is 12.3 Å². The van der Waals surface area contributed by atoms with Gasteiger partial charge in [0.2, 0.25) is 0 Å². The van der Waals surface area contributed by atoms with Crippen LogP contribution < -0.4 is 0 Å². The highest BCUT2D eigenvalue weighted by Gasteiger charge is 2.47. The lowest BCUT2D eigenvalue weighted by Gasteiger charge is -2.25. The Morgan fingerprint density at radius 2 is 1.90 bits per heavy atom. The van der Waals surface area contributed by atoms with Gasteiger partial charge < -0.3 is 9.84 Å². The number of hydrogen-bond donors (Lipinski definition) is 1. The molecule has 0 radical (unpaired) electrons. The number of nitrogens with zero attached hydrogens (tertiary/aromatic N) is 1. The van der Waals surface area contributed by atoms with Gasteiger partial charge in [0.05, 0.1) is 12.6 Å². The fraction of sp³-hybridized carbons (Fsp3) is 0.294. The molecule has 3 atom stereocenters. The molecule has 3 heteroatoms. The Balaban J connectivity index is 1.75.